The van der Waals surface area contributed by atoms with Gasteiger partial charge in [0.15, 0.2) is 0 Å². The molecule has 0 amide bonds. The highest BCUT2D eigenvalue weighted by Crippen LogP contribution is 2.16. The number of hydrogen-bond donors (Lipinski definition) is 3. The van der Waals surface area contributed by atoms with E-state index in [-0.39, 0.29) is 11.9 Å². The lowest BCUT2D eigenvalue weighted by atomic mass is 10.0. The molecule has 0 aliphatic carbocycles. The van der Waals surface area contributed by atoms with Crippen molar-refractivity contribution in [3.8, 4) is 0 Å². The van der Waals surface area contributed by atoms with Crippen LogP contribution in [0.3, 0.4) is 0 Å². The molecule has 4 nitrogen and oxygen atoms in total. The molecule has 0 saturated heterocycles. The van der Waals surface area contributed by atoms with Crippen molar-refractivity contribution in [2.75, 3.05) is 0 Å². The Bertz CT molecular complexity index is 239. The molecule has 1 heterocycles. The molecule has 0 aromatic carbocycles. The minimum Gasteiger partial charge on any atom is -0.396 e. The molecule has 0 fully saturated rings. The summed E-state index contributed by atoms with van der Waals surface area (Å²) >= 11 is 0. The zero-order valence-corrected chi connectivity index (χ0v) is 6.46. The van der Waals surface area contributed by atoms with Crippen molar-refractivity contribution in [3.63, 3.8) is 0 Å². The number of amidine groups is 1. The molecule has 0 bridgehead atoms. The number of hydrogen-bond acceptors (Lipinski definition) is 3. The van der Waals surface area contributed by atoms with Crippen LogP contribution >= 0.6 is 0 Å². The molecule has 0 aromatic rings. The fourth-order valence-electron chi connectivity index (χ4n) is 0.891. The van der Waals surface area contributed by atoms with Crippen LogP contribution in [0.25, 0.3) is 0 Å². The van der Waals surface area contributed by atoms with Crippen LogP contribution in [-0.2, 0) is 0 Å². The van der Waals surface area contributed by atoms with Crippen LogP contribution in [0.15, 0.2) is 16.3 Å². The highest BCUT2D eigenvalue weighted by atomic mass is 14.9. The minimum absolute atomic E-state index is 0.0652. The summed E-state index contributed by atoms with van der Waals surface area (Å²) in [4.78, 5) is 4.06. The average molecular weight is 152 g/mol. The molecule has 1 atom stereocenters. The Morgan fingerprint density at radius 3 is 2.45 bits per heavy atom. The summed E-state index contributed by atoms with van der Waals surface area (Å²) in [6.45, 7) is 1.86. The molecule has 11 heavy (non-hydrogen) atoms. The fourth-order valence-corrected chi connectivity index (χ4v) is 0.891. The summed E-state index contributed by atoms with van der Waals surface area (Å²) in [5.74, 6) is -0.0652. The number of nitrogens with zero attached hydrogens (tertiary/aromatic N) is 1. The van der Waals surface area contributed by atoms with Crippen molar-refractivity contribution in [2.24, 2.45) is 16.5 Å². The molecule has 60 valence electrons. The molecule has 0 unspecified atom stereocenters. The Kier molecular flexibility index (Phi) is 1.94. The zero-order valence-electron chi connectivity index (χ0n) is 6.46. The predicted molar refractivity (Wildman–Crippen MR) is 45.7 cm³/mol. The molecule has 1 rings (SSSR count). The van der Waals surface area contributed by atoms with Crippen LogP contribution in [0.2, 0.25) is 0 Å². The lowest BCUT2D eigenvalue weighted by Gasteiger charge is -2.19. The Morgan fingerprint density at radius 1 is 1.64 bits per heavy atom. The number of aliphatic imine (C=N–C) groups is 1. The van der Waals surface area contributed by atoms with E-state index in [9.17, 15) is 0 Å². The Balaban J connectivity index is 2.77. The van der Waals surface area contributed by atoms with E-state index in [2.05, 4.69) is 4.99 Å². The first-order chi connectivity index (χ1) is 5.13. The van der Waals surface area contributed by atoms with Crippen molar-refractivity contribution in [1.29, 1.82) is 5.41 Å². The number of nitrogens with one attached hydrogen (secondary N) is 1. The summed E-state index contributed by atoms with van der Waals surface area (Å²) in [7, 11) is 0. The predicted octanol–water partition coefficient (Wildman–Crippen LogP) is -0.00183. The first-order valence-corrected chi connectivity index (χ1v) is 3.45. The Hall–Kier alpha value is -1.32. The molecule has 1 aliphatic rings. The molecule has 4 heteroatoms. The first-order valence-electron chi connectivity index (χ1n) is 3.45. The molecule has 0 spiro atoms. The van der Waals surface area contributed by atoms with Gasteiger partial charge in [0.2, 0.25) is 0 Å². The SMILES string of the molecule is C/C(=C(/N)C(=N)N)[C@H]1CC=N1. The van der Waals surface area contributed by atoms with Crippen LogP contribution in [0.5, 0.6) is 0 Å². The van der Waals surface area contributed by atoms with Gasteiger partial charge in [-0.25, -0.2) is 0 Å². The van der Waals surface area contributed by atoms with E-state index >= 15 is 0 Å². The Labute approximate surface area is 65.5 Å². The van der Waals surface area contributed by atoms with E-state index in [1.807, 2.05) is 13.1 Å². The van der Waals surface area contributed by atoms with E-state index < -0.39 is 0 Å². The molecular formula is C7H12N4. The second kappa shape index (κ2) is 2.74. The normalized spacial score (nSPS) is 23.9. The van der Waals surface area contributed by atoms with Gasteiger partial charge in [-0.2, -0.15) is 0 Å². The van der Waals surface area contributed by atoms with Crippen LogP contribution in [0, 0.1) is 5.41 Å². The van der Waals surface area contributed by atoms with Gasteiger partial charge in [-0.1, -0.05) is 0 Å². The van der Waals surface area contributed by atoms with Gasteiger partial charge < -0.3 is 11.5 Å². The summed E-state index contributed by atoms with van der Waals surface area (Å²) in [6, 6.07) is 0.166. The van der Waals surface area contributed by atoms with Crippen molar-refractivity contribution in [2.45, 2.75) is 19.4 Å². The van der Waals surface area contributed by atoms with Gasteiger partial charge >= 0.3 is 0 Å². The van der Waals surface area contributed by atoms with Crippen LogP contribution < -0.4 is 11.5 Å². The average Bonchev–Trinajstić information content (AvgIpc) is 1.82. The summed E-state index contributed by atoms with van der Waals surface area (Å²) in [5.41, 5.74) is 12.0. The maximum atomic E-state index is 7.07. The summed E-state index contributed by atoms with van der Waals surface area (Å²) in [6.07, 6.45) is 2.75. The van der Waals surface area contributed by atoms with Gasteiger partial charge in [0.25, 0.3) is 0 Å². The third kappa shape index (κ3) is 1.39. The molecule has 0 saturated carbocycles. The lowest BCUT2D eigenvalue weighted by Crippen LogP contribution is -2.26. The molecule has 0 radical (unpaired) electrons. The van der Waals surface area contributed by atoms with Crippen LogP contribution in [0.1, 0.15) is 13.3 Å². The van der Waals surface area contributed by atoms with Gasteiger partial charge in [0.05, 0.1) is 11.7 Å². The van der Waals surface area contributed by atoms with Crippen molar-refractivity contribution < 1.29 is 0 Å². The van der Waals surface area contributed by atoms with E-state index in [1.165, 1.54) is 0 Å². The van der Waals surface area contributed by atoms with Crippen LogP contribution in [-0.4, -0.2) is 18.1 Å². The van der Waals surface area contributed by atoms with Gasteiger partial charge in [0.1, 0.15) is 5.84 Å². The lowest BCUT2D eigenvalue weighted by molar-refractivity contribution is 0.752. The summed E-state index contributed by atoms with van der Waals surface area (Å²) < 4.78 is 0. The first kappa shape index (κ1) is 7.78. The Morgan fingerprint density at radius 2 is 2.18 bits per heavy atom. The number of rotatable bonds is 2. The van der Waals surface area contributed by atoms with Gasteiger partial charge in [-0.15, -0.1) is 0 Å². The van der Waals surface area contributed by atoms with E-state index in [4.69, 9.17) is 16.9 Å². The van der Waals surface area contributed by atoms with Gasteiger partial charge in [-0.05, 0) is 12.5 Å². The van der Waals surface area contributed by atoms with Crippen LogP contribution in [0.4, 0.5) is 0 Å². The van der Waals surface area contributed by atoms with Crippen molar-refractivity contribution in [3.05, 3.63) is 11.3 Å². The van der Waals surface area contributed by atoms with E-state index in [1.54, 1.807) is 0 Å². The highest BCUT2D eigenvalue weighted by molar-refractivity contribution is 5.94. The highest BCUT2D eigenvalue weighted by Gasteiger charge is 2.16. The largest absolute Gasteiger partial charge is 0.396 e. The van der Waals surface area contributed by atoms with Gasteiger partial charge in [0, 0.05) is 12.6 Å². The maximum absolute atomic E-state index is 7.07. The second-order valence-electron chi connectivity index (χ2n) is 2.59. The smallest absolute Gasteiger partial charge is 0.139 e. The third-order valence-electron chi connectivity index (χ3n) is 1.83. The van der Waals surface area contributed by atoms with Crippen molar-refractivity contribution >= 4 is 12.1 Å². The molecule has 0 aromatic heterocycles. The molecule has 1 aliphatic heterocycles. The maximum Gasteiger partial charge on any atom is 0.139 e. The standard InChI is InChI=1S/C7H12N4/c1-4(5-2-3-11-5)6(8)7(9)10/h3,5H,2,8H2,1H3,(H3,9,10)/b6-4-/t5-/m1/s1. The third-order valence-corrected chi connectivity index (χ3v) is 1.83. The van der Waals surface area contributed by atoms with Gasteiger partial charge in [-0.3, -0.25) is 10.4 Å². The monoisotopic (exact) mass is 152 g/mol. The van der Waals surface area contributed by atoms with E-state index in [0.29, 0.717) is 5.70 Å². The summed E-state index contributed by atoms with van der Waals surface area (Å²) in [5, 5.41) is 7.07. The topological polar surface area (TPSA) is 88.2 Å². The molecule has 5 N–H and O–H groups in total. The zero-order chi connectivity index (χ0) is 8.43. The quantitative estimate of drug-likeness (QED) is 0.384. The van der Waals surface area contributed by atoms with E-state index in [0.717, 1.165) is 12.0 Å². The molecular weight excluding hydrogens is 140 g/mol. The fraction of sp³-hybridized carbons (Fsp3) is 0.429. The number of nitrogens with two attached hydrogens (primary N) is 2. The second-order valence-corrected chi connectivity index (χ2v) is 2.59. The van der Waals surface area contributed by atoms with Crippen molar-refractivity contribution in [1.82, 2.24) is 0 Å². The minimum atomic E-state index is -0.0652.